The van der Waals surface area contributed by atoms with Gasteiger partial charge in [-0.3, -0.25) is 4.99 Å². The number of hydrogen-bond donors (Lipinski definition) is 2. The number of nitrogens with zero attached hydrogens (tertiary/aromatic N) is 2. The molecule has 1 fully saturated rings. The number of rotatable bonds is 7. The van der Waals surface area contributed by atoms with Crippen LogP contribution in [0.2, 0.25) is 0 Å². The Morgan fingerprint density at radius 2 is 2.00 bits per heavy atom. The van der Waals surface area contributed by atoms with Gasteiger partial charge in [-0.25, -0.2) is 13.1 Å². The summed E-state index contributed by atoms with van der Waals surface area (Å²) in [6, 6.07) is 6.85. The number of halogens is 1. The van der Waals surface area contributed by atoms with Gasteiger partial charge in [0.05, 0.1) is 11.4 Å². The van der Waals surface area contributed by atoms with Crippen LogP contribution in [0.4, 0.5) is 0 Å². The molecule has 0 radical (unpaired) electrons. The normalized spacial score (nSPS) is 18.1. The number of benzene rings is 1. The van der Waals surface area contributed by atoms with Gasteiger partial charge in [0, 0.05) is 37.2 Å². The van der Waals surface area contributed by atoms with E-state index in [1.807, 2.05) is 25.6 Å². The van der Waals surface area contributed by atoms with Crippen LogP contribution in [-0.4, -0.2) is 63.0 Å². The summed E-state index contributed by atoms with van der Waals surface area (Å²) < 4.78 is 27.2. The highest BCUT2D eigenvalue weighted by molar-refractivity contribution is 14.0. The minimum atomic E-state index is -3.48. The summed E-state index contributed by atoms with van der Waals surface area (Å²) in [5.41, 5.74) is 1.04. The van der Waals surface area contributed by atoms with Gasteiger partial charge in [-0.15, -0.1) is 24.0 Å². The van der Waals surface area contributed by atoms with Crippen LogP contribution in [0.1, 0.15) is 25.8 Å². The molecule has 2 rings (SSSR count). The molecule has 0 amide bonds. The maximum Gasteiger partial charge on any atom is 0.240 e. The van der Waals surface area contributed by atoms with E-state index in [4.69, 9.17) is 0 Å². The van der Waals surface area contributed by atoms with Crippen molar-refractivity contribution >= 4 is 51.7 Å². The molecule has 0 saturated carbocycles. The molecule has 1 aromatic carbocycles. The molecule has 0 aliphatic carbocycles. The number of aliphatic imine (C=N–C) groups is 1. The van der Waals surface area contributed by atoms with E-state index in [9.17, 15) is 8.42 Å². The highest BCUT2D eigenvalue weighted by atomic mass is 127. The molecule has 1 aliphatic heterocycles. The summed E-state index contributed by atoms with van der Waals surface area (Å²) in [5.74, 6) is 1.98. The molecule has 154 valence electrons. The highest BCUT2D eigenvalue weighted by Gasteiger charge is 2.21. The number of nitrogens with one attached hydrogen (secondary N) is 2. The Balaban J connectivity index is 0.00000364. The smallest absolute Gasteiger partial charge is 0.240 e. The van der Waals surface area contributed by atoms with E-state index < -0.39 is 10.0 Å². The van der Waals surface area contributed by atoms with E-state index in [0.29, 0.717) is 11.8 Å². The van der Waals surface area contributed by atoms with Crippen molar-refractivity contribution in [3.8, 4) is 0 Å². The number of hydrogen-bond acceptors (Lipinski definition) is 4. The van der Waals surface area contributed by atoms with Crippen molar-refractivity contribution in [2.75, 3.05) is 38.5 Å². The van der Waals surface area contributed by atoms with Gasteiger partial charge in [0.15, 0.2) is 5.96 Å². The summed E-state index contributed by atoms with van der Waals surface area (Å²) in [6.45, 7) is 9.65. The van der Waals surface area contributed by atoms with Gasteiger partial charge >= 0.3 is 0 Å². The van der Waals surface area contributed by atoms with Crippen molar-refractivity contribution in [1.82, 2.24) is 14.9 Å². The second-order valence-corrected chi connectivity index (χ2v) is 9.47. The third-order valence-corrected chi connectivity index (χ3v) is 7.07. The Labute approximate surface area is 185 Å². The van der Waals surface area contributed by atoms with E-state index in [2.05, 4.69) is 26.9 Å². The zero-order valence-corrected chi connectivity index (χ0v) is 20.2. The van der Waals surface area contributed by atoms with Crippen LogP contribution >= 0.6 is 35.7 Å². The lowest BCUT2D eigenvalue weighted by Crippen LogP contribution is -2.48. The Hall–Kier alpha value is -0.520. The van der Waals surface area contributed by atoms with Crippen molar-refractivity contribution in [3.05, 3.63) is 29.8 Å². The van der Waals surface area contributed by atoms with Crippen LogP contribution < -0.4 is 10.0 Å². The predicted octanol–water partition coefficient (Wildman–Crippen LogP) is 2.68. The van der Waals surface area contributed by atoms with E-state index in [1.54, 1.807) is 24.3 Å². The molecule has 2 N–H and O–H groups in total. The molecule has 0 aromatic heterocycles. The minimum absolute atomic E-state index is 0. The van der Waals surface area contributed by atoms with Crippen LogP contribution in [0, 0.1) is 6.92 Å². The fraction of sp³-hybridized carbons (Fsp3) is 0.611. The molecule has 9 heteroatoms. The predicted molar refractivity (Wildman–Crippen MR) is 126 cm³/mol. The van der Waals surface area contributed by atoms with Gasteiger partial charge in [-0.05, 0) is 32.4 Å². The SMILES string of the molecule is CCNC(=NCCNS(=O)(=O)c1ccc(C)cc1)N1CCSC(CC)C1.I. The summed E-state index contributed by atoms with van der Waals surface area (Å²) in [5, 5.41) is 3.95. The first-order chi connectivity index (χ1) is 12.5. The molecule has 27 heavy (non-hydrogen) atoms. The zero-order valence-electron chi connectivity index (χ0n) is 16.3. The van der Waals surface area contributed by atoms with Crippen molar-refractivity contribution < 1.29 is 8.42 Å². The largest absolute Gasteiger partial charge is 0.357 e. The van der Waals surface area contributed by atoms with Gasteiger partial charge in [0.25, 0.3) is 0 Å². The number of aryl methyl sites for hydroxylation is 1. The van der Waals surface area contributed by atoms with E-state index in [0.717, 1.165) is 43.3 Å². The first kappa shape index (κ1) is 24.5. The van der Waals surface area contributed by atoms with Gasteiger partial charge in [0.1, 0.15) is 0 Å². The van der Waals surface area contributed by atoms with Crippen LogP contribution in [0.25, 0.3) is 0 Å². The van der Waals surface area contributed by atoms with Crippen molar-refractivity contribution in [3.63, 3.8) is 0 Å². The Morgan fingerprint density at radius 1 is 1.30 bits per heavy atom. The Morgan fingerprint density at radius 3 is 2.63 bits per heavy atom. The summed E-state index contributed by atoms with van der Waals surface area (Å²) in [6.07, 6.45) is 1.15. The van der Waals surface area contributed by atoms with E-state index >= 15 is 0 Å². The van der Waals surface area contributed by atoms with E-state index in [-0.39, 0.29) is 35.4 Å². The second kappa shape index (κ2) is 12.1. The molecule has 0 spiro atoms. The number of thioether (sulfide) groups is 1. The quantitative estimate of drug-likeness (QED) is 0.248. The maximum absolute atomic E-state index is 12.3. The van der Waals surface area contributed by atoms with Crippen LogP contribution in [0.15, 0.2) is 34.2 Å². The fourth-order valence-electron chi connectivity index (χ4n) is 2.73. The second-order valence-electron chi connectivity index (χ2n) is 6.29. The average Bonchev–Trinajstić information content (AvgIpc) is 2.64. The van der Waals surface area contributed by atoms with Crippen LogP contribution in [0.5, 0.6) is 0 Å². The number of sulfonamides is 1. The van der Waals surface area contributed by atoms with Crippen LogP contribution in [-0.2, 0) is 10.0 Å². The Kier molecular flexibility index (Phi) is 11.0. The minimum Gasteiger partial charge on any atom is -0.357 e. The first-order valence-corrected chi connectivity index (χ1v) is 11.7. The molecule has 1 unspecified atom stereocenters. The lowest BCUT2D eigenvalue weighted by molar-refractivity contribution is 0.408. The molecule has 6 nitrogen and oxygen atoms in total. The highest BCUT2D eigenvalue weighted by Crippen LogP contribution is 2.21. The maximum atomic E-state index is 12.3. The standard InChI is InChI=1S/C18H30N4O2S2.HI/c1-4-16-14-22(12-13-25-16)18(19-5-2)20-10-11-21-26(23,24)17-8-6-15(3)7-9-17;/h6-9,16,21H,4-5,10-14H2,1-3H3,(H,19,20);1H. The lowest BCUT2D eigenvalue weighted by atomic mass is 10.2. The topological polar surface area (TPSA) is 73.8 Å². The molecule has 1 heterocycles. The lowest BCUT2D eigenvalue weighted by Gasteiger charge is -2.34. The van der Waals surface area contributed by atoms with Crippen molar-refractivity contribution in [1.29, 1.82) is 0 Å². The summed E-state index contributed by atoms with van der Waals surface area (Å²) in [4.78, 5) is 7.18. The molecule has 0 bridgehead atoms. The van der Waals surface area contributed by atoms with Gasteiger partial charge in [-0.2, -0.15) is 11.8 Å². The monoisotopic (exact) mass is 526 g/mol. The van der Waals surface area contributed by atoms with Crippen molar-refractivity contribution in [2.24, 2.45) is 4.99 Å². The van der Waals surface area contributed by atoms with Gasteiger partial charge in [-0.1, -0.05) is 24.6 Å². The molecule has 1 atom stereocenters. The van der Waals surface area contributed by atoms with Gasteiger partial charge < -0.3 is 10.2 Å². The fourth-order valence-corrected chi connectivity index (χ4v) is 4.93. The molecule has 1 saturated heterocycles. The van der Waals surface area contributed by atoms with Gasteiger partial charge in [0.2, 0.25) is 10.0 Å². The van der Waals surface area contributed by atoms with Crippen molar-refractivity contribution in [2.45, 2.75) is 37.3 Å². The molecule has 1 aliphatic rings. The first-order valence-electron chi connectivity index (χ1n) is 9.17. The third kappa shape index (κ3) is 7.78. The molecular formula is C18H31IN4O2S2. The number of guanidine groups is 1. The average molecular weight is 527 g/mol. The zero-order chi connectivity index (χ0) is 19.0. The van der Waals surface area contributed by atoms with Crippen LogP contribution in [0.3, 0.4) is 0 Å². The summed E-state index contributed by atoms with van der Waals surface area (Å²) in [7, 11) is -3.48. The molecule has 1 aromatic rings. The summed E-state index contributed by atoms with van der Waals surface area (Å²) >= 11 is 2.02. The van der Waals surface area contributed by atoms with E-state index in [1.165, 1.54) is 0 Å². The third-order valence-electron chi connectivity index (χ3n) is 4.23. The Bertz CT molecular complexity index is 696. The molecular weight excluding hydrogens is 495 g/mol.